The molecular weight excluding hydrogens is 212 g/mol. The van der Waals surface area contributed by atoms with E-state index in [0.29, 0.717) is 0 Å². The van der Waals surface area contributed by atoms with Gasteiger partial charge in [-0.05, 0) is 37.8 Å². The molecule has 0 aliphatic carbocycles. The van der Waals surface area contributed by atoms with Crippen molar-refractivity contribution in [3.8, 4) is 5.75 Å². The van der Waals surface area contributed by atoms with Gasteiger partial charge in [0.15, 0.2) is 0 Å². The molecule has 0 radical (unpaired) electrons. The molecule has 0 aromatic heterocycles. The lowest BCUT2D eigenvalue weighted by Gasteiger charge is -2.09. The average molecular weight is 238 g/mol. The monoisotopic (exact) mass is 238 g/mol. The van der Waals surface area contributed by atoms with Crippen molar-refractivity contribution < 1.29 is 9.47 Å². The SMILES string of the molecule is CC.COCCCCc1cc(C)ccc1OC. The number of ether oxygens (including phenoxy) is 2. The summed E-state index contributed by atoms with van der Waals surface area (Å²) < 4.78 is 10.4. The fourth-order valence-corrected chi connectivity index (χ4v) is 1.66. The molecule has 1 rings (SSSR count). The fourth-order valence-electron chi connectivity index (χ4n) is 1.66. The van der Waals surface area contributed by atoms with Gasteiger partial charge in [-0.1, -0.05) is 31.5 Å². The van der Waals surface area contributed by atoms with E-state index in [2.05, 4.69) is 19.1 Å². The van der Waals surface area contributed by atoms with Gasteiger partial charge in [0.05, 0.1) is 7.11 Å². The van der Waals surface area contributed by atoms with Gasteiger partial charge >= 0.3 is 0 Å². The zero-order valence-electron chi connectivity index (χ0n) is 11.9. The summed E-state index contributed by atoms with van der Waals surface area (Å²) in [5.74, 6) is 0.998. The molecule has 1 aromatic carbocycles. The molecule has 1 aromatic rings. The van der Waals surface area contributed by atoms with Crippen molar-refractivity contribution in [1.82, 2.24) is 0 Å². The highest BCUT2D eigenvalue weighted by Crippen LogP contribution is 2.21. The second kappa shape index (κ2) is 10.2. The van der Waals surface area contributed by atoms with Crippen LogP contribution in [0.3, 0.4) is 0 Å². The summed E-state index contributed by atoms with van der Waals surface area (Å²) in [6.45, 7) is 6.95. The highest BCUT2D eigenvalue weighted by atomic mass is 16.5. The predicted molar refractivity (Wildman–Crippen MR) is 73.9 cm³/mol. The zero-order valence-corrected chi connectivity index (χ0v) is 11.9. The van der Waals surface area contributed by atoms with Gasteiger partial charge in [0.25, 0.3) is 0 Å². The highest BCUT2D eigenvalue weighted by Gasteiger charge is 2.02. The maximum atomic E-state index is 5.33. The number of unbranched alkanes of at least 4 members (excludes halogenated alkanes) is 1. The molecule has 0 amide bonds. The number of hydrogen-bond donors (Lipinski definition) is 0. The molecule has 0 fully saturated rings. The molecular formula is C15H26O2. The van der Waals surface area contributed by atoms with Gasteiger partial charge in [0, 0.05) is 13.7 Å². The summed E-state index contributed by atoms with van der Waals surface area (Å²) in [5, 5.41) is 0. The van der Waals surface area contributed by atoms with Crippen molar-refractivity contribution in [2.45, 2.75) is 40.0 Å². The lowest BCUT2D eigenvalue weighted by molar-refractivity contribution is 0.193. The van der Waals surface area contributed by atoms with Crippen LogP contribution in [0.1, 0.15) is 37.8 Å². The lowest BCUT2D eigenvalue weighted by Crippen LogP contribution is -1.95. The van der Waals surface area contributed by atoms with Gasteiger partial charge in [-0.3, -0.25) is 0 Å². The molecule has 98 valence electrons. The molecule has 0 heterocycles. The zero-order chi connectivity index (χ0) is 13.1. The maximum absolute atomic E-state index is 5.33. The number of methoxy groups -OCH3 is 2. The molecule has 0 aliphatic rings. The van der Waals surface area contributed by atoms with E-state index in [1.807, 2.05) is 19.9 Å². The van der Waals surface area contributed by atoms with Crippen molar-refractivity contribution in [2.24, 2.45) is 0 Å². The Morgan fingerprint density at radius 1 is 1.06 bits per heavy atom. The van der Waals surface area contributed by atoms with Crippen LogP contribution < -0.4 is 4.74 Å². The fraction of sp³-hybridized carbons (Fsp3) is 0.600. The van der Waals surface area contributed by atoms with Gasteiger partial charge in [-0.2, -0.15) is 0 Å². The minimum Gasteiger partial charge on any atom is -0.496 e. The minimum atomic E-state index is 0.841. The number of rotatable bonds is 6. The van der Waals surface area contributed by atoms with Crippen LogP contribution in [0.15, 0.2) is 18.2 Å². The second-order valence-corrected chi connectivity index (χ2v) is 3.77. The summed E-state index contributed by atoms with van der Waals surface area (Å²) in [6.07, 6.45) is 3.31. The predicted octanol–water partition coefficient (Wildman–Crippen LogP) is 4.00. The van der Waals surface area contributed by atoms with Crippen LogP contribution in [0.5, 0.6) is 5.75 Å². The molecule has 2 heteroatoms. The van der Waals surface area contributed by atoms with Crippen molar-refractivity contribution in [3.63, 3.8) is 0 Å². The lowest BCUT2D eigenvalue weighted by atomic mass is 10.0. The van der Waals surface area contributed by atoms with E-state index in [4.69, 9.17) is 9.47 Å². The first-order valence-electron chi connectivity index (χ1n) is 6.40. The second-order valence-electron chi connectivity index (χ2n) is 3.77. The van der Waals surface area contributed by atoms with Crippen molar-refractivity contribution in [2.75, 3.05) is 20.8 Å². The smallest absolute Gasteiger partial charge is 0.122 e. The van der Waals surface area contributed by atoms with E-state index in [0.717, 1.165) is 31.6 Å². The Bertz CT molecular complexity index is 295. The van der Waals surface area contributed by atoms with E-state index in [1.165, 1.54) is 11.1 Å². The average Bonchev–Trinajstić information content (AvgIpc) is 2.37. The van der Waals surface area contributed by atoms with E-state index >= 15 is 0 Å². The Morgan fingerprint density at radius 3 is 2.35 bits per heavy atom. The molecule has 0 saturated heterocycles. The molecule has 2 nitrogen and oxygen atoms in total. The van der Waals surface area contributed by atoms with Crippen molar-refractivity contribution in [1.29, 1.82) is 0 Å². The summed E-state index contributed by atoms with van der Waals surface area (Å²) in [5.41, 5.74) is 2.59. The summed E-state index contributed by atoms with van der Waals surface area (Å²) in [4.78, 5) is 0. The number of hydrogen-bond acceptors (Lipinski definition) is 2. The quantitative estimate of drug-likeness (QED) is 0.697. The third kappa shape index (κ3) is 6.32. The molecule has 17 heavy (non-hydrogen) atoms. The molecule has 0 saturated carbocycles. The molecule has 0 unspecified atom stereocenters. The maximum Gasteiger partial charge on any atom is 0.122 e. The Balaban J connectivity index is 0.00000121. The molecule has 0 atom stereocenters. The van der Waals surface area contributed by atoms with Crippen molar-refractivity contribution >= 4 is 0 Å². The normalized spacial score (nSPS) is 9.47. The van der Waals surface area contributed by atoms with Gasteiger partial charge in [0.1, 0.15) is 5.75 Å². The summed E-state index contributed by atoms with van der Waals surface area (Å²) >= 11 is 0. The Labute approximate surface area is 106 Å². The largest absolute Gasteiger partial charge is 0.496 e. The molecule has 0 N–H and O–H groups in total. The van der Waals surface area contributed by atoms with Crippen LogP contribution in [0.4, 0.5) is 0 Å². The van der Waals surface area contributed by atoms with Gasteiger partial charge < -0.3 is 9.47 Å². The summed E-state index contributed by atoms with van der Waals surface area (Å²) in [7, 11) is 3.47. The summed E-state index contributed by atoms with van der Waals surface area (Å²) in [6, 6.07) is 6.32. The van der Waals surface area contributed by atoms with Crippen molar-refractivity contribution in [3.05, 3.63) is 29.3 Å². The third-order valence-corrected chi connectivity index (χ3v) is 2.48. The highest BCUT2D eigenvalue weighted by molar-refractivity contribution is 5.36. The Morgan fingerprint density at radius 2 is 1.76 bits per heavy atom. The van der Waals surface area contributed by atoms with E-state index in [1.54, 1.807) is 14.2 Å². The molecule has 0 spiro atoms. The first-order valence-corrected chi connectivity index (χ1v) is 6.40. The van der Waals surface area contributed by atoms with Crippen LogP contribution in [-0.2, 0) is 11.2 Å². The van der Waals surface area contributed by atoms with Gasteiger partial charge in [-0.15, -0.1) is 0 Å². The van der Waals surface area contributed by atoms with Crippen LogP contribution in [-0.4, -0.2) is 20.8 Å². The molecule has 0 bridgehead atoms. The minimum absolute atomic E-state index is 0.841. The van der Waals surface area contributed by atoms with Crippen LogP contribution in [0, 0.1) is 6.92 Å². The Kier molecular flexibility index (Phi) is 9.55. The Hall–Kier alpha value is -1.02. The standard InChI is InChI=1S/C13H20O2.C2H6/c1-11-7-8-13(15-3)12(10-11)6-4-5-9-14-2;1-2/h7-8,10H,4-6,9H2,1-3H3;1-2H3. The van der Waals surface area contributed by atoms with E-state index < -0.39 is 0 Å². The number of benzene rings is 1. The third-order valence-electron chi connectivity index (χ3n) is 2.48. The number of aryl methyl sites for hydroxylation is 2. The van der Waals surface area contributed by atoms with E-state index in [-0.39, 0.29) is 0 Å². The van der Waals surface area contributed by atoms with Crippen LogP contribution >= 0.6 is 0 Å². The van der Waals surface area contributed by atoms with Gasteiger partial charge in [0.2, 0.25) is 0 Å². The van der Waals surface area contributed by atoms with Gasteiger partial charge in [-0.25, -0.2) is 0 Å². The first kappa shape index (κ1) is 16.0. The topological polar surface area (TPSA) is 18.5 Å². The molecule has 0 aliphatic heterocycles. The van der Waals surface area contributed by atoms with Crippen LogP contribution in [0.25, 0.3) is 0 Å². The van der Waals surface area contributed by atoms with Crippen LogP contribution in [0.2, 0.25) is 0 Å². The van der Waals surface area contributed by atoms with E-state index in [9.17, 15) is 0 Å². The first-order chi connectivity index (χ1) is 8.27.